The predicted octanol–water partition coefficient (Wildman–Crippen LogP) is 6.14. The summed E-state index contributed by atoms with van der Waals surface area (Å²) in [5.41, 5.74) is 1.54. The van der Waals surface area contributed by atoms with Crippen LogP contribution in [0, 0.1) is 11.8 Å². The molecule has 178 valence electrons. The van der Waals surface area contributed by atoms with Gasteiger partial charge in [0.2, 0.25) is 0 Å². The normalized spacial score (nSPS) is 14.0. The van der Waals surface area contributed by atoms with Crippen LogP contribution in [-0.2, 0) is 26.6 Å². The summed E-state index contributed by atoms with van der Waals surface area (Å²) in [6.45, 7) is 12.4. The first-order chi connectivity index (χ1) is 15.3. The van der Waals surface area contributed by atoms with Gasteiger partial charge < -0.3 is 9.47 Å². The Bertz CT molecular complexity index is 781. The highest BCUT2D eigenvalue weighted by atomic mass is 17.0. The Morgan fingerprint density at radius 2 is 1.44 bits per heavy atom. The average molecular weight is 445 g/mol. The number of hydroxylamine groups is 4. The lowest BCUT2D eigenvalue weighted by atomic mass is 9.86. The SMILES string of the molecule is CC[N+](OC)(OC)C(CC(C)C)(OCCOc1ccccc1)c1ccccc1CC(C)C. The van der Waals surface area contributed by atoms with Crippen molar-refractivity contribution in [1.29, 1.82) is 0 Å². The molecule has 0 bridgehead atoms. The summed E-state index contributed by atoms with van der Waals surface area (Å²) in [5, 5.41) is 0. The third-order valence-corrected chi connectivity index (χ3v) is 5.74. The van der Waals surface area contributed by atoms with Gasteiger partial charge >= 0.3 is 0 Å². The van der Waals surface area contributed by atoms with Gasteiger partial charge in [0.05, 0.1) is 26.4 Å². The van der Waals surface area contributed by atoms with E-state index in [9.17, 15) is 0 Å². The number of rotatable bonds is 14. The van der Waals surface area contributed by atoms with E-state index in [0.29, 0.717) is 31.6 Å². The van der Waals surface area contributed by atoms with Crippen molar-refractivity contribution < 1.29 is 24.0 Å². The van der Waals surface area contributed by atoms with Crippen LogP contribution in [0.2, 0.25) is 0 Å². The molecule has 0 heterocycles. The average Bonchev–Trinajstić information content (AvgIpc) is 2.78. The van der Waals surface area contributed by atoms with E-state index in [0.717, 1.165) is 24.2 Å². The van der Waals surface area contributed by atoms with Crippen molar-refractivity contribution in [3.05, 3.63) is 65.7 Å². The monoisotopic (exact) mass is 444 g/mol. The smallest absolute Gasteiger partial charge is 0.292 e. The van der Waals surface area contributed by atoms with Crippen molar-refractivity contribution in [2.75, 3.05) is 34.0 Å². The molecule has 5 nitrogen and oxygen atoms in total. The Kier molecular flexibility index (Phi) is 10.2. The van der Waals surface area contributed by atoms with Gasteiger partial charge in [-0.15, -0.1) is 0 Å². The van der Waals surface area contributed by atoms with E-state index < -0.39 is 5.72 Å². The van der Waals surface area contributed by atoms with E-state index >= 15 is 0 Å². The molecule has 0 fully saturated rings. The van der Waals surface area contributed by atoms with E-state index in [4.69, 9.17) is 19.1 Å². The van der Waals surface area contributed by atoms with E-state index in [-0.39, 0.29) is 4.81 Å². The van der Waals surface area contributed by atoms with Gasteiger partial charge in [0.25, 0.3) is 5.72 Å². The standard InChI is InChI=1S/C27H42NO4/c1-8-28(29-6,30-7)27(21-23(4)5,26-17-13-12-14-24(26)20-22(2)3)32-19-18-31-25-15-10-9-11-16-25/h9-17,22-23H,8,18-21H2,1-7H3/q+1. The highest BCUT2D eigenvalue weighted by Crippen LogP contribution is 2.44. The molecule has 0 radical (unpaired) electrons. The quantitative estimate of drug-likeness (QED) is 0.152. The van der Waals surface area contributed by atoms with Gasteiger partial charge in [-0.25, -0.2) is 0 Å². The van der Waals surface area contributed by atoms with Gasteiger partial charge in [0.1, 0.15) is 18.9 Å². The lowest BCUT2D eigenvalue weighted by Gasteiger charge is -2.46. The molecule has 1 atom stereocenters. The predicted molar refractivity (Wildman–Crippen MR) is 129 cm³/mol. The Morgan fingerprint density at radius 3 is 2.00 bits per heavy atom. The van der Waals surface area contributed by atoms with Gasteiger partial charge in [-0.1, -0.05) is 64.1 Å². The molecule has 2 aromatic rings. The van der Waals surface area contributed by atoms with Crippen LogP contribution < -0.4 is 4.74 Å². The molecule has 0 aliphatic carbocycles. The molecular formula is C27H42NO4+. The molecular weight excluding hydrogens is 402 g/mol. The van der Waals surface area contributed by atoms with Gasteiger partial charge in [-0.05, 0) is 53.8 Å². The second kappa shape index (κ2) is 12.4. The second-order valence-electron chi connectivity index (χ2n) is 9.00. The molecule has 0 spiro atoms. The van der Waals surface area contributed by atoms with Gasteiger partial charge in [0, 0.05) is 6.42 Å². The molecule has 32 heavy (non-hydrogen) atoms. The molecule has 0 saturated carbocycles. The van der Waals surface area contributed by atoms with E-state index in [1.54, 1.807) is 14.2 Å². The molecule has 0 aliphatic rings. The van der Waals surface area contributed by atoms with Crippen LogP contribution in [0.1, 0.15) is 52.2 Å². The Balaban J connectivity index is 2.50. The summed E-state index contributed by atoms with van der Waals surface area (Å²) in [7, 11) is 3.38. The van der Waals surface area contributed by atoms with Gasteiger partial charge in [-0.3, -0.25) is 0 Å². The molecule has 2 aromatic carbocycles. The van der Waals surface area contributed by atoms with Crippen molar-refractivity contribution in [2.45, 2.75) is 53.2 Å². The first-order valence-corrected chi connectivity index (χ1v) is 11.7. The molecule has 0 amide bonds. The molecule has 2 rings (SSSR count). The number of quaternary nitrogens is 1. The number of hydrogen-bond donors (Lipinski definition) is 0. The topological polar surface area (TPSA) is 36.9 Å². The Labute approximate surface area is 194 Å². The summed E-state index contributed by atoms with van der Waals surface area (Å²) in [6, 6.07) is 18.4. The van der Waals surface area contributed by atoms with Gasteiger partial charge in [-0.2, -0.15) is 9.68 Å². The van der Waals surface area contributed by atoms with Crippen LogP contribution in [0.25, 0.3) is 0 Å². The van der Waals surface area contributed by atoms with Crippen molar-refractivity contribution in [1.82, 2.24) is 0 Å². The number of ether oxygens (including phenoxy) is 2. The lowest BCUT2D eigenvalue weighted by molar-refractivity contribution is -1.29. The zero-order valence-corrected chi connectivity index (χ0v) is 21.0. The fourth-order valence-electron chi connectivity index (χ4n) is 4.51. The van der Waals surface area contributed by atoms with E-state index in [1.807, 2.05) is 30.3 Å². The fourth-order valence-corrected chi connectivity index (χ4v) is 4.51. The molecule has 0 aliphatic heterocycles. The first kappa shape index (κ1) is 26.3. The maximum Gasteiger partial charge on any atom is 0.292 e. The lowest BCUT2D eigenvalue weighted by Crippen LogP contribution is -2.63. The van der Waals surface area contributed by atoms with Crippen LogP contribution in [0.5, 0.6) is 5.75 Å². The number of nitrogens with zero attached hydrogens (tertiary/aromatic N) is 1. The maximum atomic E-state index is 6.81. The van der Waals surface area contributed by atoms with E-state index in [2.05, 4.69) is 58.9 Å². The molecule has 0 aromatic heterocycles. The van der Waals surface area contributed by atoms with Crippen molar-refractivity contribution >= 4 is 0 Å². The van der Waals surface area contributed by atoms with Crippen LogP contribution >= 0.6 is 0 Å². The number of benzene rings is 2. The highest BCUT2D eigenvalue weighted by Gasteiger charge is 2.58. The first-order valence-electron chi connectivity index (χ1n) is 11.7. The minimum atomic E-state index is -0.835. The van der Waals surface area contributed by atoms with Crippen molar-refractivity contribution in [3.8, 4) is 5.75 Å². The Hall–Kier alpha value is -1.92. The van der Waals surface area contributed by atoms with Gasteiger partial charge in [0.15, 0.2) is 0 Å². The van der Waals surface area contributed by atoms with Crippen LogP contribution in [0.15, 0.2) is 54.6 Å². The van der Waals surface area contributed by atoms with Crippen LogP contribution in [0.3, 0.4) is 0 Å². The minimum absolute atomic E-state index is 0.0778. The summed E-state index contributed by atoms with van der Waals surface area (Å²) in [6.07, 6.45) is 1.69. The fraction of sp³-hybridized carbons (Fsp3) is 0.556. The number of hydrogen-bond acceptors (Lipinski definition) is 4. The molecule has 0 N–H and O–H groups in total. The second-order valence-corrected chi connectivity index (χ2v) is 9.00. The summed E-state index contributed by atoms with van der Waals surface area (Å²) < 4.78 is 12.7. The third-order valence-electron chi connectivity index (χ3n) is 5.74. The largest absolute Gasteiger partial charge is 0.491 e. The maximum absolute atomic E-state index is 6.81. The highest BCUT2D eigenvalue weighted by molar-refractivity contribution is 5.31. The molecule has 0 saturated heterocycles. The van der Waals surface area contributed by atoms with Crippen molar-refractivity contribution in [2.24, 2.45) is 11.8 Å². The van der Waals surface area contributed by atoms with Crippen LogP contribution in [0.4, 0.5) is 0 Å². The molecule has 5 heteroatoms. The summed E-state index contributed by atoms with van der Waals surface area (Å²) in [4.78, 5) is 12.1. The third kappa shape index (κ3) is 6.10. The van der Waals surface area contributed by atoms with Crippen molar-refractivity contribution in [3.63, 3.8) is 0 Å². The zero-order valence-electron chi connectivity index (χ0n) is 21.0. The van der Waals surface area contributed by atoms with E-state index in [1.165, 1.54) is 5.56 Å². The van der Waals surface area contributed by atoms with Crippen LogP contribution in [-0.4, -0.2) is 38.8 Å². The number of para-hydroxylation sites is 1. The molecule has 1 unspecified atom stereocenters. The summed E-state index contributed by atoms with van der Waals surface area (Å²) >= 11 is 0. The summed E-state index contributed by atoms with van der Waals surface area (Å²) in [5.74, 6) is 1.70. The Morgan fingerprint density at radius 1 is 0.812 bits per heavy atom. The minimum Gasteiger partial charge on any atom is -0.491 e. The zero-order chi connectivity index (χ0) is 23.6.